The number of benzene rings is 1. The number of nitrogens with one attached hydrogen (secondary N) is 1. The van der Waals surface area contributed by atoms with E-state index in [1.807, 2.05) is 19.1 Å². The van der Waals surface area contributed by atoms with E-state index in [1.54, 1.807) is 11.0 Å². The molecule has 1 fully saturated rings. The third kappa shape index (κ3) is 4.47. The van der Waals surface area contributed by atoms with Crippen molar-refractivity contribution in [2.24, 2.45) is 0 Å². The van der Waals surface area contributed by atoms with Gasteiger partial charge in [0.2, 0.25) is 11.8 Å². The Bertz CT molecular complexity index is 554. The first-order valence-corrected chi connectivity index (χ1v) is 8.19. The Morgan fingerprint density at radius 3 is 2.59 bits per heavy atom. The summed E-state index contributed by atoms with van der Waals surface area (Å²) in [6.07, 6.45) is 4.83. The molecule has 1 aliphatic carbocycles. The Hall–Kier alpha value is -1.55. The van der Waals surface area contributed by atoms with Gasteiger partial charge < -0.3 is 10.2 Å². The van der Waals surface area contributed by atoms with Gasteiger partial charge in [-0.3, -0.25) is 9.59 Å². The summed E-state index contributed by atoms with van der Waals surface area (Å²) in [7, 11) is 0. The number of anilines is 1. The van der Waals surface area contributed by atoms with Gasteiger partial charge in [-0.2, -0.15) is 0 Å². The van der Waals surface area contributed by atoms with Crippen LogP contribution in [0, 0.1) is 6.92 Å². The van der Waals surface area contributed by atoms with E-state index in [9.17, 15) is 9.59 Å². The molecule has 2 amide bonds. The van der Waals surface area contributed by atoms with Gasteiger partial charge in [0.1, 0.15) is 0 Å². The second kappa shape index (κ2) is 7.63. The van der Waals surface area contributed by atoms with Crippen LogP contribution in [0.1, 0.15) is 44.6 Å². The summed E-state index contributed by atoms with van der Waals surface area (Å²) in [5.41, 5.74) is 1.74. The number of aryl methyl sites for hydroxylation is 1. The van der Waals surface area contributed by atoms with Crippen LogP contribution in [-0.2, 0) is 9.59 Å². The van der Waals surface area contributed by atoms with Crippen molar-refractivity contribution in [1.29, 1.82) is 0 Å². The van der Waals surface area contributed by atoms with E-state index in [2.05, 4.69) is 5.32 Å². The molecule has 0 saturated heterocycles. The minimum absolute atomic E-state index is 0.0183. The molecule has 1 aromatic rings. The van der Waals surface area contributed by atoms with Crippen molar-refractivity contribution in [1.82, 2.24) is 5.32 Å². The molecule has 0 aliphatic heterocycles. The molecule has 22 heavy (non-hydrogen) atoms. The van der Waals surface area contributed by atoms with Gasteiger partial charge in [-0.05, 0) is 43.5 Å². The maximum atomic E-state index is 12.0. The predicted molar refractivity (Wildman–Crippen MR) is 89.2 cm³/mol. The Kier molecular flexibility index (Phi) is 5.83. The normalized spacial score (nSPS) is 14.9. The highest BCUT2D eigenvalue weighted by molar-refractivity contribution is 6.30. The molecule has 0 spiro atoms. The molecule has 1 aromatic carbocycles. The van der Waals surface area contributed by atoms with E-state index in [1.165, 1.54) is 19.8 Å². The number of amides is 2. The number of halogens is 1. The number of carbonyl (C=O) groups excluding carboxylic acids is 2. The predicted octanol–water partition coefficient (Wildman–Crippen LogP) is 3.45. The number of rotatable bonds is 5. The van der Waals surface area contributed by atoms with Gasteiger partial charge in [0.05, 0.1) is 0 Å². The minimum atomic E-state index is -0.0703. The maximum absolute atomic E-state index is 12.0. The first-order valence-electron chi connectivity index (χ1n) is 7.81. The molecule has 0 radical (unpaired) electrons. The van der Waals surface area contributed by atoms with Crippen LogP contribution < -0.4 is 10.2 Å². The van der Waals surface area contributed by atoms with Crippen molar-refractivity contribution in [3.8, 4) is 0 Å². The molecule has 2 rings (SSSR count). The van der Waals surface area contributed by atoms with Crippen molar-refractivity contribution in [2.45, 2.75) is 52.0 Å². The third-order valence-corrected chi connectivity index (χ3v) is 4.35. The van der Waals surface area contributed by atoms with Crippen molar-refractivity contribution in [3.05, 3.63) is 28.8 Å². The fourth-order valence-corrected chi connectivity index (χ4v) is 3.18. The summed E-state index contributed by atoms with van der Waals surface area (Å²) < 4.78 is 0. The van der Waals surface area contributed by atoms with Crippen LogP contribution in [0.3, 0.4) is 0 Å². The molecule has 0 bridgehead atoms. The second-order valence-corrected chi connectivity index (χ2v) is 6.34. The number of hydrogen-bond acceptors (Lipinski definition) is 2. The standard InChI is InChI=1S/C17H23ClN2O2/c1-12-11-14(18)7-8-16(12)20(13(2)21)10-9-17(22)19-15-5-3-4-6-15/h7-8,11,15H,3-6,9-10H2,1-2H3,(H,19,22). The van der Waals surface area contributed by atoms with Crippen LogP contribution in [0.4, 0.5) is 5.69 Å². The summed E-state index contributed by atoms with van der Waals surface area (Å²) in [5.74, 6) is -0.0520. The Morgan fingerprint density at radius 1 is 1.32 bits per heavy atom. The summed E-state index contributed by atoms with van der Waals surface area (Å²) in [6, 6.07) is 5.73. The van der Waals surface area contributed by atoms with Gasteiger partial charge in [0.15, 0.2) is 0 Å². The lowest BCUT2D eigenvalue weighted by Gasteiger charge is -2.23. The summed E-state index contributed by atoms with van der Waals surface area (Å²) in [6.45, 7) is 3.81. The quantitative estimate of drug-likeness (QED) is 0.902. The van der Waals surface area contributed by atoms with Gasteiger partial charge in [-0.15, -0.1) is 0 Å². The van der Waals surface area contributed by atoms with Crippen molar-refractivity contribution in [2.75, 3.05) is 11.4 Å². The average Bonchev–Trinajstić information content (AvgIpc) is 2.93. The van der Waals surface area contributed by atoms with E-state index in [4.69, 9.17) is 11.6 Å². The minimum Gasteiger partial charge on any atom is -0.353 e. The summed E-state index contributed by atoms with van der Waals surface area (Å²) in [4.78, 5) is 25.6. The van der Waals surface area contributed by atoms with E-state index in [-0.39, 0.29) is 11.8 Å². The molecule has 4 nitrogen and oxygen atoms in total. The molecule has 0 atom stereocenters. The van der Waals surface area contributed by atoms with Crippen LogP contribution in [-0.4, -0.2) is 24.4 Å². The highest BCUT2D eigenvalue weighted by Crippen LogP contribution is 2.24. The fraction of sp³-hybridized carbons (Fsp3) is 0.529. The first kappa shape index (κ1) is 16.8. The average molecular weight is 323 g/mol. The highest BCUT2D eigenvalue weighted by atomic mass is 35.5. The molecule has 5 heteroatoms. The van der Waals surface area contributed by atoms with Crippen LogP contribution in [0.15, 0.2) is 18.2 Å². The summed E-state index contributed by atoms with van der Waals surface area (Å²) >= 11 is 5.96. The van der Waals surface area contributed by atoms with Crippen LogP contribution in [0.25, 0.3) is 0 Å². The smallest absolute Gasteiger partial charge is 0.223 e. The van der Waals surface area contributed by atoms with E-state index < -0.39 is 0 Å². The van der Waals surface area contributed by atoms with E-state index in [0.717, 1.165) is 24.1 Å². The third-order valence-electron chi connectivity index (χ3n) is 4.11. The Labute approximate surface area is 136 Å². The SMILES string of the molecule is CC(=O)N(CCC(=O)NC1CCCC1)c1ccc(Cl)cc1C. The number of carbonyl (C=O) groups is 2. The van der Waals surface area contributed by atoms with Crippen LogP contribution in [0.2, 0.25) is 5.02 Å². The fourth-order valence-electron chi connectivity index (χ4n) is 2.95. The van der Waals surface area contributed by atoms with Gasteiger partial charge in [-0.25, -0.2) is 0 Å². The molecule has 120 valence electrons. The second-order valence-electron chi connectivity index (χ2n) is 5.90. The lowest BCUT2D eigenvalue weighted by Crippen LogP contribution is -2.37. The zero-order valence-corrected chi connectivity index (χ0v) is 13.9. The number of nitrogens with zero attached hydrogens (tertiary/aromatic N) is 1. The molecule has 0 aromatic heterocycles. The molecule has 0 heterocycles. The number of hydrogen-bond donors (Lipinski definition) is 1. The lowest BCUT2D eigenvalue weighted by atomic mass is 10.1. The molecular formula is C17H23ClN2O2. The van der Waals surface area contributed by atoms with Gasteiger partial charge >= 0.3 is 0 Å². The topological polar surface area (TPSA) is 49.4 Å². The first-order chi connectivity index (χ1) is 10.5. The molecule has 1 saturated carbocycles. The zero-order chi connectivity index (χ0) is 16.1. The Balaban J connectivity index is 1.96. The van der Waals surface area contributed by atoms with Crippen molar-refractivity contribution in [3.63, 3.8) is 0 Å². The van der Waals surface area contributed by atoms with Gasteiger partial charge in [-0.1, -0.05) is 24.4 Å². The van der Waals surface area contributed by atoms with E-state index in [0.29, 0.717) is 24.0 Å². The lowest BCUT2D eigenvalue weighted by molar-refractivity contribution is -0.121. The van der Waals surface area contributed by atoms with Crippen LogP contribution in [0.5, 0.6) is 0 Å². The maximum Gasteiger partial charge on any atom is 0.223 e. The molecule has 1 N–H and O–H groups in total. The zero-order valence-electron chi connectivity index (χ0n) is 13.2. The molecule has 1 aliphatic rings. The van der Waals surface area contributed by atoms with Gasteiger partial charge in [0.25, 0.3) is 0 Å². The highest BCUT2D eigenvalue weighted by Gasteiger charge is 2.19. The largest absolute Gasteiger partial charge is 0.353 e. The molecular weight excluding hydrogens is 300 g/mol. The monoisotopic (exact) mass is 322 g/mol. The summed E-state index contributed by atoms with van der Waals surface area (Å²) in [5, 5.41) is 3.69. The van der Waals surface area contributed by atoms with E-state index >= 15 is 0 Å². The Morgan fingerprint density at radius 2 is 2.00 bits per heavy atom. The van der Waals surface area contributed by atoms with Gasteiger partial charge in [0, 0.05) is 36.6 Å². The van der Waals surface area contributed by atoms with Crippen molar-refractivity contribution < 1.29 is 9.59 Å². The van der Waals surface area contributed by atoms with Crippen molar-refractivity contribution >= 4 is 29.1 Å². The molecule has 0 unspecified atom stereocenters. The van der Waals surface area contributed by atoms with Crippen LogP contribution >= 0.6 is 11.6 Å².